The molecule has 0 saturated heterocycles. The second-order valence-electron chi connectivity index (χ2n) is 4.43. The molecular weight excluding hydrogens is 307 g/mol. The average molecular weight is 316 g/mol. The van der Waals surface area contributed by atoms with Gasteiger partial charge in [0.15, 0.2) is 15.8 Å². The van der Waals surface area contributed by atoms with Crippen molar-refractivity contribution in [1.82, 2.24) is 19.4 Å². The number of imidazole rings is 1. The fourth-order valence-electron chi connectivity index (χ4n) is 2.06. The number of halogens is 1. The number of hydrogen-bond acceptors (Lipinski definition) is 5. The van der Waals surface area contributed by atoms with Crippen molar-refractivity contribution in [2.45, 2.75) is 10.1 Å². The summed E-state index contributed by atoms with van der Waals surface area (Å²) in [6.45, 7) is 0. The molecule has 0 atom stereocenters. The van der Waals surface area contributed by atoms with E-state index in [9.17, 15) is 4.39 Å². The molecule has 21 heavy (non-hydrogen) atoms. The minimum absolute atomic E-state index is 0.306. The lowest BCUT2D eigenvalue weighted by molar-refractivity contribution is 0.630. The Balaban J connectivity index is 1.58. The SMILES string of the molecule is Fc1cccn2cc(CSc3nc4cnccc4s3)nc12. The van der Waals surface area contributed by atoms with Gasteiger partial charge in [-0.25, -0.2) is 14.4 Å². The van der Waals surface area contributed by atoms with Crippen LogP contribution in [0, 0.1) is 5.82 Å². The van der Waals surface area contributed by atoms with Crippen LogP contribution in [-0.4, -0.2) is 19.4 Å². The van der Waals surface area contributed by atoms with Crippen molar-refractivity contribution in [3.05, 3.63) is 54.5 Å². The Morgan fingerprint density at radius 2 is 2.24 bits per heavy atom. The minimum Gasteiger partial charge on any atom is -0.304 e. The topological polar surface area (TPSA) is 43.1 Å². The molecule has 0 aromatic carbocycles. The first kappa shape index (κ1) is 12.7. The van der Waals surface area contributed by atoms with Gasteiger partial charge in [0, 0.05) is 24.3 Å². The van der Waals surface area contributed by atoms with Gasteiger partial charge in [-0.05, 0) is 18.2 Å². The molecule has 0 aliphatic rings. The highest BCUT2D eigenvalue weighted by Crippen LogP contribution is 2.30. The van der Waals surface area contributed by atoms with Crippen molar-refractivity contribution in [1.29, 1.82) is 0 Å². The van der Waals surface area contributed by atoms with Crippen molar-refractivity contribution in [3.8, 4) is 0 Å². The fraction of sp³-hybridized carbons (Fsp3) is 0.0714. The van der Waals surface area contributed by atoms with Crippen molar-refractivity contribution >= 4 is 39.0 Å². The first-order valence-electron chi connectivity index (χ1n) is 6.25. The third-order valence-electron chi connectivity index (χ3n) is 3.00. The second kappa shape index (κ2) is 5.09. The van der Waals surface area contributed by atoms with Gasteiger partial charge in [-0.1, -0.05) is 11.8 Å². The summed E-state index contributed by atoms with van der Waals surface area (Å²) in [5.41, 5.74) is 2.11. The molecule has 4 aromatic rings. The summed E-state index contributed by atoms with van der Waals surface area (Å²) in [6, 6.07) is 5.04. The summed E-state index contributed by atoms with van der Waals surface area (Å²) in [5, 5.41) is 0. The van der Waals surface area contributed by atoms with Crippen LogP contribution in [-0.2, 0) is 5.75 Å². The van der Waals surface area contributed by atoms with Gasteiger partial charge in [0.1, 0.15) is 5.52 Å². The highest BCUT2D eigenvalue weighted by atomic mass is 32.2. The summed E-state index contributed by atoms with van der Waals surface area (Å²) >= 11 is 3.23. The van der Waals surface area contributed by atoms with E-state index in [2.05, 4.69) is 15.0 Å². The number of thiazole rings is 1. The first-order valence-corrected chi connectivity index (χ1v) is 8.05. The normalized spacial score (nSPS) is 11.5. The van der Waals surface area contributed by atoms with Crippen molar-refractivity contribution in [3.63, 3.8) is 0 Å². The van der Waals surface area contributed by atoms with E-state index in [-0.39, 0.29) is 5.82 Å². The maximum absolute atomic E-state index is 13.6. The Hall–Kier alpha value is -1.99. The molecule has 0 N–H and O–H groups in total. The molecule has 0 aliphatic heterocycles. The van der Waals surface area contributed by atoms with Gasteiger partial charge in [0.25, 0.3) is 0 Å². The van der Waals surface area contributed by atoms with E-state index in [1.165, 1.54) is 6.07 Å². The van der Waals surface area contributed by atoms with E-state index in [4.69, 9.17) is 0 Å². The predicted octanol–water partition coefficient (Wildman–Crippen LogP) is 3.77. The van der Waals surface area contributed by atoms with Crippen LogP contribution in [0.1, 0.15) is 5.69 Å². The molecule has 0 bridgehead atoms. The number of pyridine rings is 2. The highest BCUT2D eigenvalue weighted by molar-refractivity contribution is 8.00. The highest BCUT2D eigenvalue weighted by Gasteiger charge is 2.08. The third kappa shape index (κ3) is 2.38. The average Bonchev–Trinajstić information content (AvgIpc) is 3.09. The van der Waals surface area contributed by atoms with E-state index >= 15 is 0 Å². The molecule has 0 spiro atoms. The van der Waals surface area contributed by atoms with Gasteiger partial charge in [-0.15, -0.1) is 11.3 Å². The Kier molecular flexibility index (Phi) is 3.08. The second-order valence-corrected chi connectivity index (χ2v) is 6.68. The standard InChI is InChI=1S/C14H9FN4S2/c15-10-2-1-5-19-7-9(17-13(10)19)8-20-14-18-11-6-16-4-3-12(11)21-14/h1-7H,8H2. The minimum atomic E-state index is -0.306. The van der Waals surface area contributed by atoms with Crippen LogP contribution in [0.2, 0.25) is 0 Å². The summed E-state index contributed by atoms with van der Waals surface area (Å²) in [6.07, 6.45) is 7.17. The van der Waals surface area contributed by atoms with Crippen LogP contribution in [0.4, 0.5) is 4.39 Å². The maximum Gasteiger partial charge on any atom is 0.173 e. The molecule has 0 amide bonds. The molecule has 0 fully saturated rings. The lowest BCUT2D eigenvalue weighted by Crippen LogP contribution is -1.85. The molecule has 4 heterocycles. The van der Waals surface area contributed by atoms with E-state index in [1.54, 1.807) is 52.2 Å². The number of fused-ring (bicyclic) bond motifs is 2. The van der Waals surface area contributed by atoms with Crippen LogP contribution in [0.5, 0.6) is 0 Å². The zero-order chi connectivity index (χ0) is 14.2. The molecule has 0 saturated carbocycles. The lowest BCUT2D eigenvalue weighted by atomic mass is 10.4. The molecule has 4 aromatic heterocycles. The monoisotopic (exact) mass is 316 g/mol. The maximum atomic E-state index is 13.6. The zero-order valence-corrected chi connectivity index (χ0v) is 12.4. The quantitative estimate of drug-likeness (QED) is 0.540. The summed E-state index contributed by atoms with van der Waals surface area (Å²) in [7, 11) is 0. The smallest absolute Gasteiger partial charge is 0.173 e. The van der Waals surface area contributed by atoms with Crippen molar-refractivity contribution in [2.75, 3.05) is 0 Å². The van der Waals surface area contributed by atoms with Crippen LogP contribution in [0.25, 0.3) is 15.9 Å². The zero-order valence-electron chi connectivity index (χ0n) is 10.7. The van der Waals surface area contributed by atoms with Gasteiger partial charge >= 0.3 is 0 Å². The van der Waals surface area contributed by atoms with Crippen molar-refractivity contribution < 1.29 is 4.39 Å². The number of thioether (sulfide) groups is 1. The van der Waals surface area contributed by atoms with Gasteiger partial charge in [0.05, 0.1) is 16.6 Å². The van der Waals surface area contributed by atoms with Gasteiger partial charge in [-0.2, -0.15) is 0 Å². The van der Waals surface area contributed by atoms with E-state index in [0.717, 1.165) is 20.3 Å². The fourth-order valence-corrected chi connectivity index (χ4v) is 3.97. The van der Waals surface area contributed by atoms with Crippen molar-refractivity contribution in [2.24, 2.45) is 0 Å². The molecular formula is C14H9FN4S2. The first-order chi connectivity index (χ1) is 10.3. The molecule has 0 radical (unpaired) electrons. The molecule has 4 rings (SSSR count). The molecule has 4 nitrogen and oxygen atoms in total. The van der Waals surface area contributed by atoms with Crippen LogP contribution < -0.4 is 0 Å². The van der Waals surface area contributed by atoms with Gasteiger partial charge < -0.3 is 4.40 Å². The summed E-state index contributed by atoms with van der Waals surface area (Å²) in [4.78, 5) is 12.9. The Morgan fingerprint density at radius 3 is 3.10 bits per heavy atom. The largest absolute Gasteiger partial charge is 0.304 e. The van der Waals surface area contributed by atoms with Crippen LogP contribution in [0.15, 0.2) is 47.3 Å². The summed E-state index contributed by atoms with van der Waals surface area (Å²) in [5.74, 6) is 0.355. The van der Waals surface area contributed by atoms with E-state index in [0.29, 0.717) is 11.4 Å². The molecule has 0 unspecified atom stereocenters. The third-order valence-corrected chi connectivity index (χ3v) is 5.21. The number of rotatable bonds is 3. The molecule has 104 valence electrons. The predicted molar refractivity (Wildman–Crippen MR) is 82.1 cm³/mol. The van der Waals surface area contributed by atoms with Crippen LogP contribution >= 0.6 is 23.1 Å². The van der Waals surface area contributed by atoms with E-state index in [1.807, 2.05) is 12.3 Å². The Bertz CT molecular complexity index is 898. The van der Waals surface area contributed by atoms with E-state index < -0.39 is 0 Å². The number of hydrogen-bond donors (Lipinski definition) is 0. The summed E-state index contributed by atoms with van der Waals surface area (Å²) < 4.78 is 17.4. The van der Waals surface area contributed by atoms with Gasteiger partial charge in [0.2, 0.25) is 0 Å². The van der Waals surface area contributed by atoms with Crippen LogP contribution in [0.3, 0.4) is 0 Å². The number of aromatic nitrogens is 4. The molecule has 0 aliphatic carbocycles. The Labute approximate surface area is 127 Å². The number of nitrogens with zero attached hydrogens (tertiary/aromatic N) is 4. The lowest BCUT2D eigenvalue weighted by Gasteiger charge is -1.91. The van der Waals surface area contributed by atoms with Gasteiger partial charge in [-0.3, -0.25) is 4.98 Å². The Morgan fingerprint density at radius 1 is 1.29 bits per heavy atom. The molecule has 7 heteroatoms.